The van der Waals surface area contributed by atoms with E-state index in [0.717, 1.165) is 5.56 Å². The molecule has 0 aromatic heterocycles. The van der Waals surface area contributed by atoms with Gasteiger partial charge in [0.05, 0.1) is 34.1 Å². The first-order valence-corrected chi connectivity index (χ1v) is 9.67. The van der Waals surface area contributed by atoms with Gasteiger partial charge in [0.1, 0.15) is 0 Å². The van der Waals surface area contributed by atoms with Crippen molar-refractivity contribution in [3.8, 4) is 12.1 Å². The second-order valence-corrected chi connectivity index (χ2v) is 7.99. The summed E-state index contributed by atoms with van der Waals surface area (Å²) in [5.74, 6) is 0. The van der Waals surface area contributed by atoms with Crippen LogP contribution in [0.25, 0.3) is 14.7 Å². The lowest BCUT2D eigenvalue weighted by molar-refractivity contribution is 0.614. The van der Waals surface area contributed by atoms with Gasteiger partial charge in [-0.3, -0.25) is 0 Å². The lowest BCUT2D eigenvalue weighted by Gasteiger charge is -2.19. The highest BCUT2D eigenvalue weighted by Gasteiger charge is 2.30. The van der Waals surface area contributed by atoms with Gasteiger partial charge in [-0.05, 0) is 47.9 Å². The zero-order valence-corrected chi connectivity index (χ0v) is 15.7. The van der Waals surface area contributed by atoms with Crippen LogP contribution in [0.4, 0.5) is 0 Å². The van der Waals surface area contributed by atoms with Crippen molar-refractivity contribution in [3.05, 3.63) is 106 Å². The molecule has 6 heteroatoms. The summed E-state index contributed by atoms with van der Waals surface area (Å²) in [5.41, 5.74) is 2.30. The number of hydrogen-bond donors (Lipinski definition) is 0. The summed E-state index contributed by atoms with van der Waals surface area (Å²) in [6.45, 7) is 9.11. The molecular weight excluding hydrogens is 370 g/mol. The van der Waals surface area contributed by atoms with Gasteiger partial charge in [-0.25, -0.2) is 18.5 Å². The Morgan fingerprint density at radius 1 is 0.929 bits per heavy atom. The van der Waals surface area contributed by atoms with Gasteiger partial charge in [0.2, 0.25) is 9.84 Å². The van der Waals surface area contributed by atoms with Crippen molar-refractivity contribution in [1.29, 1.82) is 10.5 Å². The van der Waals surface area contributed by atoms with Crippen LogP contribution in [0.1, 0.15) is 22.3 Å². The van der Waals surface area contributed by atoms with E-state index < -0.39 is 9.84 Å². The molecule has 1 aliphatic heterocycles. The topological polar surface area (TPSA) is 86.1 Å². The number of nitrogens with zero attached hydrogens (tertiary/aromatic N) is 3. The summed E-state index contributed by atoms with van der Waals surface area (Å²) in [7, 11) is -3.89. The maximum atomic E-state index is 13.3. The van der Waals surface area contributed by atoms with Gasteiger partial charge in [-0.2, -0.15) is 5.26 Å². The van der Waals surface area contributed by atoms with E-state index in [9.17, 15) is 13.7 Å². The molecule has 5 nitrogen and oxygen atoms in total. The van der Waals surface area contributed by atoms with Gasteiger partial charge in [0, 0.05) is 0 Å². The predicted octanol–water partition coefficient (Wildman–Crippen LogP) is 4.37. The number of hydrogen-bond acceptors (Lipinski definition) is 4. The van der Waals surface area contributed by atoms with Crippen molar-refractivity contribution in [2.45, 2.75) is 6.92 Å². The van der Waals surface area contributed by atoms with Gasteiger partial charge in [-0.15, -0.1) is 0 Å². The first-order chi connectivity index (χ1) is 13.4. The molecule has 1 aliphatic rings. The minimum Gasteiger partial charge on any atom is -0.226 e. The van der Waals surface area contributed by atoms with Crippen molar-refractivity contribution in [1.82, 2.24) is 0 Å². The zero-order valence-electron chi connectivity index (χ0n) is 14.8. The highest BCUT2D eigenvalue weighted by atomic mass is 32.2. The Balaban J connectivity index is 2.29. The van der Waals surface area contributed by atoms with E-state index in [1.54, 1.807) is 36.4 Å². The average Bonchev–Trinajstić information content (AvgIpc) is 2.70. The first-order valence-electron chi connectivity index (χ1n) is 8.18. The summed E-state index contributed by atoms with van der Waals surface area (Å²) in [4.78, 5) is 3.23. The summed E-state index contributed by atoms with van der Waals surface area (Å²) < 4.78 is 26.6. The van der Waals surface area contributed by atoms with Crippen LogP contribution in [0.15, 0.2) is 72.0 Å². The molecule has 0 aliphatic carbocycles. The van der Waals surface area contributed by atoms with Gasteiger partial charge in [0.15, 0.2) is 0 Å². The molecule has 2 aromatic rings. The number of allylic oxidation sites excluding steroid dienone is 4. The lowest BCUT2D eigenvalue weighted by atomic mass is 10.1. The monoisotopic (exact) mass is 383 g/mol. The fraction of sp³-hybridized carbons (Fsp3) is 0.0455. The van der Waals surface area contributed by atoms with Gasteiger partial charge >= 0.3 is 0 Å². The molecular formula is C22H13N3O2S. The van der Waals surface area contributed by atoms with Crippen LogP contribution in [0, 0.1) is 36.2 Å². The third kappa shape index (κ3) is 3.35. The van der Waals surface area contributed by atoms with Gasteiger partial charge < -0.3 is 0 Å². The molecule has 0 spiro atoms. The van der Waals surface area contributed by atoms with Crippen molar-refractivity contribution in [2.75, 3.05) is 0 Å². The van der Waals surface area contributed by atoms with E-state index in [2.05, 4.69) is 4.85 Å². The van der Waals surface area contributed by atoms with Gasteiger partial charge in [-0.1, -0.05) is 42.0 Å². The smallest absolute Gasteiger partial charge is 0.226 e. The Bertz CT molecular complexity index is 1260. The first kappa shape index (κ1) is 18.9. The van der Waals surface area contributed by atoms with Crippen LogP contribution in [-0.4, -0.2) is 8.42 Å². The molecule has 0 atom stereocenters. The molecule has 0 unspecified atom stereocenters. The normalized spacial score (nSPS) is 16.6. The second kappa shape index (κ2) is 7.37. The predicted molar refractivity (Wildman–Crippen MR) is 106 cm³/mol. The molecule has 0 radical (unpaired) electrons. The van der Waals surface area contributed by atoms with E-state index in [-0.39, 0.29) is 21.1 Å². The summed E-state index contributed by atoms with van der Waals surface area (Å²) in [5, 5.41) is 18.2. The average molecular weight is 383 g/mol. The largest absolute Gasteiger partial charge is 0.269 e. The van der Waals surface area contributed by atoms with Gasteiger partial charge in [0.25, 0.3) is 5.70 Å². The van der Waals surface area contributed by atoms with Crippen LogP contribution < -0.4 is 0 Å². The molecule has 0 saturated heterocycles. The third-order valence-corrected chi connectivity index (χ3v) is 6.14. The minimum atomic E-state index is -3.89. The van der Waals surface area contributed by atoms with E-state index in [0.29, 0.717) is 16.7 Å². The SMILES string of the molecule is [C-]#[N+]C(C#N)=C1C=C(c2ccc(C)cc2)S(=O)(=O)C(c2ccc(C#N)cc2)=C1. The quantitative estimate of drug-likeness (QED) is 0.569. The fourth-order valence-corrected chi connectivity index (χ4v) is 4.49. The molecule has 0 N–H and O–H groups in total. The lowest BCUT2D eigenvalue weighted by Crippen LogP contribution is -2.11. The Morgan fingerprint density at radius 2 is 1.43 bits per heavy atom. The van der Waals surface area contributed by atoms with Crippen LogP contribution in [0.2, 0.25) is 0 Å². The highest BCUT2D eigenvalue weighted by molar-refractivity contribution is 8.09. The number of sulfone groups is 1. The van der Waals surface area contributed by atoms with Crippen LogP contribution in [0.3, 0.4) is 0 Å². The molecule has 0 saturated carbocycles. The number of aryl methyl sites for hydroxylation is 1. The molecule has 2 aromatic carbocycles. The van der Waals surface area contributed by atoms with E-state index in [1.807, 2.05) is 19.1 Å². The Labute approximate surface area is 163 Å². The molecule has 1 heterocycles. The molecule has 3 rings (SSSR count). The van der Waals surface area contributed by atoms with Crippen molar-refractivity contribution in [3.63, 3.8) is 0 Å². The Morgan fingerprint density at radius 3 is 1.86 bits per heavy atom. The van der Waals surface area contributed by atoms with Crippen molar-refractivity contribution >= 4 is 19.6 Å². The summed E-state index contributed by atoms with van der Waals surface area (Å²) >= 11 is 0. The standard InChI is InChI=1S/C22H13N3O2S/c1-15-3-7-17(8-4-15)21-11-19(20(14-24)25-2)12-22(28(21,26)27)18-9-5-16(13-23)6-10-18/h3-12H,1H3. The van der Waals surface area contributed by atoms with Crippen molar-refractivity contribution in [2.24, 2.45) is 0 Å². The van der Waals surface area contributed by atoms with E-state index >= 15 is 0 Å². The highest BCUT2D eigenvalue weighted by Crippen LogP contribution is 2.39. The van der Waals surface area contributed by atoms with Crippen LogP contribution >= 0.6 is 0 Å². The molecule has 28 heavy (non-hydrogen) atoms. The number of nitriles is 2. The third-order valence-electron chi connectivity index (χ3n) is 4.28. The summed E-state index contributed by atoms with van der Waals surface area (Å²) in [6, 6.07) is 16.9. The fourth-order valence-electron chi connectivity index (χ4n) is 2.79. The zero-order chi connectivity index (χ0) is 20.3. The Hall–Kier alpha value is -3.92. The summed E-state index contributed by atoms with van der Waals surface area (Å²) in [6.07, 6.45) is 2.70. The number of rotatable bonds is 2. The van der Waals surface area contributed by atoms with Crippen LogP contribution in [-0.2, 0) is 9.84 Å². The molecule has 0 bridgehead atoms. The van der Waals surface area contributed by atoms with Crippen molar-refractivity contribution < 1.29 is 8.42 Å². The van der Waals surface area contributed by atoms with E-state index in [4.69, 9.17) is 11.8 Å². The minimum absolute atomic E-state index is 0.0125. The molecule has 0 amide bonds. The Kier molecular flexibility index (Phi) is 4.96. The van der Waals surface area contributed by atoms with E-state index in [1.165, 1.54) is 24.3 Å². The second-order valence-electron chi connectivity index (χ2n) is 6.10. The number of benzene rings is 2. The molecule has 134 valence electrons. The van der Waals surface area contributed by atoms with Crippen LogP contribution in [0.5, 0.6) is 0 Å². The molecule has 0 fully saturated rings. The maximum Gasteiger partial charge on any atom is 0.269 e. The maximum absolute atomic E-state index is 13.3.